The predicted octanol–water partition coefficient (Wildman–Crippen LogP) is 1.54. The molecule has 0 saturated carbocycles. The highest BCUT2D eigenvalue weighted by Gasteiger charge is 2.22. The monoisotopic (exact) mass is 263 g/mol. The topological polar surface area (TPSA) is 93.3 Å². The highest BCUT2D eigenvalue weighted by atomic mass is 16.5. The van der Waals surface area contributed by atoms with Gasteiger partial charge in [-0.25, -0.2) is 4.79 Å². The zero-order valence-electron chi connectivity index (χ0n) is 10.7. The molecule has 1 saturated heterocycles. The third kappa shape index (κ3) is 2.31. The average molecular weight is 263 g/mol. The molecule has 0 amide bonds. The van der Waals surface area contributed by atoms with Crippen LogP contribution in [0.2, 0.25) is 0 Å². The lowest BCUT2D eigenvalue weighted by Crippen LogP contribution is -2.26. The summed E-state index contributed by atoms with van der Waals surface area (Å²) in [6.07, 6.45) is 1.05. The standard InChI is InChI=1S/C13H17N3O3/c1-7(8-2-3-18-6-8)15-10-5-11-12(4-9(10)14)19-13(17)16-11/h4-5,7-8,15H,2-3,6,14H2,1H3,(H,16,17). The van der Waals surface area contributed by atoms with E-state index in [-0.39, 0.29) is 6.04 Å². The fraction of sp³-hybridized carbons (Fsp3) is 0.462. The molecule has 2 unspecified atom stereocenters. The van der Waals surface area contributed by atoms with Gasteiger partial charge < -0.3 is 20.2 Å². The molecule has 19 heavy (non-hydrogen) atoms. The lowest BCUT2D eigenvalue weighted by molar-refractivity contribution is 0.183. The number of ether oxygens (including phenoxy) is 1. The Balaban J connectivity index is 1.86. The van der Waals surface area contributed by atoms with Crippen molar-refractivity contribution in [3.05, 3.63) is 22.7 Å². The summed E-state index contributed by atoms with van der Waals surface area (Å²) in [5.41, 5.74) is 8.48. The molecule has 6 heteroatoms. The first-order valence-electron chi connectivity index (χ1n) is 6.40. The summed E-state index contributed by atoms with van der Waals surface area (Å²) in [5.74, 6) is 0.0160. The van der Waals surface area contributed by atoms with Gasteiger partial charge in [-0.1, -0.05) is 0 Å². The summed E-state index contributed by atoms with van der Waals surface area (Å²) in [7, 11) is 0. The van der Waals surface area contributed by atoms with E-state index >= 15 is 0 Å². The van der Waals surface area contributed by atoms with Crippen molar-refractivity contribution in [3.8, 4) is 0 Å². The quantitative estimate of drug-likeness (QED) is 0.730. The first kappa shape index (κ1) is 12.1. The number of H-pyrrole nitrogens is 1. The number of hydrogen-bond acceptors (Lipinski definition) is 5. The molecule has 0 spiro atoms. The number of fused-ring (bicyclic) bond motifs is 1. The molecule has 2 aromatic rings. The molecule has 0 aliphatic carbocycles. The van der Waals surface area contributed by atoms with Gasteiger partial charge in [0.05, 0.1) is 23.5 Å². The number of rotatable bonds is 3. The van der Waals surface area contributed by atoms with E-state index < -0.39 is 5.76 Å². The van der Waals surface area contributed by atoms with Gasteiger partial charge in [-0.3, -0.25) is 4.98 Å². The number of aromatic nitrogens is 1. The molecular weight excluding hydrogens is 246 g/mol. The summed E-state index contributed by atoms with van der Waals surface area (Å²) >= 11 is 0. The van der Waals surface area contributed by atoms with Crippen molar-refractivity contribution in [1.82, 2.24) is 4.98 Å². The summed E-state index contributed by atoms with van der Waals surface area (Å²) in [6.45, 7) is 3.71. The van der Waals surface area contributed by atoms with Crippen LogP contribution in [-0.2, 0) is 4.74 Å². The Morgan fingerprint density at radius 3 is 3.11 bits per heavy atom. The van der Waals surface area contributed by atoms with Crippen molar-refractivity contribution in [2.75, 3.05) is 24.3 Å². The predicted molar refractivity (Wildman–Crippen MR) is 73.3 cm³/mol. The molecule has 0 radical (unpaired) electrons. The Hall–Kier alpha value is -1.95. The maximum absolute atomic E-state index is 11.1. The number of nitrogen functional groups attached to an aromatic ring is 1. The highest BCUT2D eigenvalue weighted by Crippen LogP contribution is 2.27. The molecule has 1 aromatic carbocycles. The molecule has 2 heterocycles. The molecule has 2 atom stereocenters. The van der Waals surface area contributed by atoms with Crippen LogP contribution in [0.15, 0.2) is 21.3 Å². The first-order chi connectivity index (χ1) is 9.13. The van der Waals surface area contributed by atoms with Crippen LogP contribution in [-0.4, -0.2) is 24.2 Å². The number of anilines is 2. The van der Waals surface area contributed by atoms with Crippen molar-refractivity contribution in [2.24, 2.45) is 5.92 Å². The highest BCUT2D eigenvalue weighted by molar-refractivity contribution is 5.85. The summed E-state index contributed by atoms with van der Waals surface area (Å²) < 4.78 is 10.4. The van der Waals surface area contributed by atoms with Crippen molar-refractivity contribution in [2.45, 2.75) is 19.4 Å². The Labute approximate surface area is 109 Å². The van der Waals surface area contributed by atoms with E-state index in [9.17, 15) is 4.79 Å². The smallest absolute Gasteiger partial charge is 0.408 e. The van der Waals surface area contributed by atoms with E-state index in [1.165, 1.54) is 0 Å². The van der Waals surface area contributed by atoms with Crippen LogP contribution in [0.25, 0.3) is 11.1 Å². The maximum atomic E-state index is 11.1. The van der Waals surface area contributed by atoms with Gasteiger partial charge >= 0.3 is 5.76 Å². The molecule has 1 fully saturated rings. The second kappa shape index (κ2) is 4.62. The number of oxazole rings is 1. The number of benzene rings is 1. The van der Waals surface area contributed by atoms with Crippen molar-refractivity contribution >= 4 is 22.5 Å². The SMILES string of the molecule is CC(Nc1cc2[nH]c(=O)oc2cc1N)C1CCOC1. The van der Waals surface area contributed by atoms with E-state index in [0.29, 0.717) is 22.7 Å². The van der Waals surface area contributed by atoms with Gasteiger partial charge in [-0.05, 0) is 19.4 Å². The van der Waals surface area contributed by atoms with Crippen LogP contribution in [0, 0.1) is 5.92 Å². The minimum absolute atomic E-state index is 0.265. The van der Waals surface area contributed by atoms with Gasteiger partial charge in [-0.15, -0.1) is 0 Å². The summed E-state index contributed by atoms with van der Waals surface area (Å²) in [6, 6.07) is 3.73. The normalized spacial score (nSPS) is 20.8. The van der Waals surface area contributed by atoms with Gasteiger partial charge in [0, 0.05) is 24.6 Å². The lowest BCUT2D eigenvalue weighted by Gasteiger charge is -2.21. The zero-order valence-corrected chi connectivity index (χ0v) is 10.7. The van der Waals surface area contributed by atoms with Crippen molar-refractivity contribution in [3.63, 3.8) is 0 Å². The van der Waals surface area contributed by atoms with Gasteiger partial charge in [0.2, 0.25) is 0 Å². The Bertz CT molecular complexity index is 640. The minimum atomic E-state index is -0.469. The zero-order chi connectivity index (χ0) is 13.4. The maximum Gasteiger partial charge on any atom is 0.417 e. The van der Waals surface area contributed by atoms with E-state index in [1.54, 1.807) is 6.07 Å². The van der Waals surface area contributed by atoms with Crippen molar-refractivity contribution in [1.29, 1.82) is 0 Å². The van der Waals surface area contributed by atoms with Crippen LogP contribution in [0.4, 0.5) is 11.4 Å². The van der Waals surface area contributed by atoms with E-state index in [4.69, 9.17) is 14.9 Å². The molecule has 1 aliphatic heterocycles. The van der Waals surface area contributed by atoms with Crippen LogP contribution in [0.3, 0.4) is 0 Å². The number of aromatic amines is 1. The van der Waals surface area contributed by atoms with Crippen LogP contribution in [0.5, 0.6) is 0 Å². The van der Waals surface area contributed by atoms with Gasteiger partial charge in [0.1, 0.15) is 0 Å². The Morgan fingerprint density at radius 1 is 1.53 bits per heavy atom. The molecule has 0 bridgehead atoms. The third-order valence-corrected chi connectivity index (χ3v) is 3.65. The largest absolute Gasteiger partial charge is 0.417 e. The molecular formula is C13H17N3O3. The second-order valence-electron chi connectivity index (χ2n) is 5.01. The van der Waals surface area contributed by atoms with Gasteiger partial charge in [-0.2, -0.15) is 0 Å². The Kier molecular flexibility index (Phi) is 2.94. The molecule has 6 nitrogen and oxygen atoms in total. The molecule has 4 N–H and O–H groups in total. The fourth-order valence-corrected chi connectivity index (χ4v) is 2.45. The van der Waals surface area contributed by atoms with Crippen LogP contribution < -0.4 is 16.8 Å². The van der Waals surface area contributed by atoms with E-state index in [2.05, 4.69) is 17.2 Å². The third-order valence-electron chi connectivity index (χ3n) is 3.65. The van der Waals surface area contributed by atoms with Crippen molar-refractivity contribution < 1.29 is 9.15 Å². The second-order valence-corrected chi connectivity index (χ2v) is 5.01. The number of nitrogens with two attached hydrogens (primary N) is 1. The molecule has 1 aromatic heterocycles. The summed E-state index contributed by atoms with van der Waals surface area (Å²) in [4.78, 5) is 13.8. The molecule has 102 valence electrons. The Morgan fingerprint density at radius 2 is 2.37 bits per heavy atom. The van der Waals surface area contributed by atoms with Gasteiger partial charge in [0.25, 0.3) is 0 Å². The number of hydrogen-bond donors (Lipinski definition) is 3. The van der Waals surface area contributed by atoms with E-state index in [0.717, 1.165) is 25.3 Å². The average Bonchev–Trinajstić information content (AvgIpc) is 2.97. The first-order valence-corrected chi connectivity index (χ1v) is 6.40. The fourth-order valence-electron chi connectivity index (χ4n) is 2.45. The lowest BCUT2D eigenvalue weighted by atomic mass is 10.0. The molecule has 3 rings (SSSR count). The van der Waals surface area contributed by atoms with E-state index in [1.807, 2.05) is 6.07 Å². The van der Waals surface area contributed by atoms with Crippen LogP contribution >= 0.6 is 0 Å². The summed E-state index contributed by atoms with van der Waals surface area (Å²) in [5, 5.41) is 3.38. The van der Waals surface area contributed by atoms with Gasteiger partial charge in [0.15, 0.2) is 5.58 Å². The minimum Gasteiger partial charge on any atom is -0.408 e. The van der Waals surface area contributed by atoms with Crippen LogP contribution in [0.1, 0.15) is 13.3 Å². The number of nitrogens with one attached hydrogen (secondary N) is 2. The molecule has 1 aliphatic rings.